The van der Waals surface area contributed by atoms with Gasteiger partial charge < -0.3 is 5.32 Å². The van der Waals surface area contributed by atoms with Crippen LogP contribution in [0.15, 0.2) is 0 Å². The molecule has 116 valence electrons. The molecule has 3 heteroatoms. The van der Waals surface area contributed by atoms with Crippen LogP contribution in [0.2, 0.25) is 0 Å². The van der Waals surface area contributed by atoms with Gasteiger partial charge in [0, 0.05) is 25.2 Å². The number of hydrogen-bond acceptors (Lipinski definition) is 3. The maximum atomic E-state index is 3.90. The Balaban J connectivity index is 1.56. The highest BCUT2D eigenvalue weighted by atomic mass is 32.2. The highest BCUT2D eigenvalue weighted by Gasteiger charge is 2.39. The highest BCUT2D eigenvalue weighted by Crippen LogP contribution is 2.36. The number of thioether (sulfide) groups is 1. The fraction of sp³-hybridized carbons (Fsp3) is 1.00. The summed E-state index contributed by atoms with van der Waals surface area (Å²) in [6.45, 7) is 3.94. The number of hydrogen-bond donors (Lipinski definition) is 1. The van der Waals surface area contributed by atoms with Crippen LogP contribution >= 0.6 is 11.8 Å². The molecule has 0 amide bonds. The number of piperazine rings is 1. The Morgan fingerprint density at radius 3 is 2.55 bits per heavy atom. The lowest BCUT2D eigenvalue weighted by Crippen LogP contribution is -2.59. The van der Waals surface area contributed by atoms with E-state index < -0.39 is 0 Å². The Hall–Kier alpha value is 0.270. The van der Waals surface area contributed by atoms with Gasteiger partial charge in [-0.05, 0) is 62.5 Å². The number of nitrogens with one attached hydrogen (secondary N) is 1. The maximum Gasteiger partial charge on any atom is 0.0249 e. The first-order valence-electron chi connectivity index (χ1n) is 8.85. The maximum absolute atomic E-state index is 3.90. The second-order valence-electron chi connectivity index (χ2n) is 7.16. The molecule has 0 aromatic carbocycles. The van der Waals surface area contributed by atoms with E-state index in [-0.39, 0.29) is 0 Å². The Morgan fingerprint density at radius 2 is 1.85 bits per heavy atom. The smallest absolute Gasteiger partial charge is 0.0249 e. The summed E-state index contributed by atoms with van der Waals surface area (Å²) in [7, 11) is 0. The zero-order chi connectivity index (χ0) is 13.8. The third-order valence-electron chi connectivity index (χ3n) is 5.67. The zero-order valence-corrected chi connectivity index (χ0v) is 14.0. The molecule has 0 bridgehead atoms. The van der Waals surface area contributed by atoms with Crippen LogP contribution in [-0.2, 0) is 0 Å². The monoisotopic (exact) mass is 296 g/mol. The predicted octanol–water partition coefficient (Wildman–Crippen LogP) is 3.37. The molecular weight excluding hydrogens is 264 g/mol. The summed E-state index contributed by atoms with van der Waals surface area (Å²) in [6, 6.07) is 1.65. The van der Waals surface area contributed by atoms with Crippen molar-refractivity contribution in [1.82, 2.24) is 10.2 Å². The molecule has 1 aliphatic heterocycles. The average molecular weight is 297 g/mol. The lowest BCUT2D eigenvalue weighted by Gasteiger charge is -2.45. The fourth-order valence-corrected chi connectivity index (χ4v) is 4.74. The van der Waals surface area contributed by atoms with Gasteiger partial charge in [-0.3, -0.25) is 4.90 Å². The second-order valence-corrected chi connectivity index (χ2v) is 8.14. The summed E-state index contributed by atoms with van der Waals surface area (Å²) >= 11 is 2.00. The third kappa shape index (κ3) is 3.92. The average Bonchev–Trinajstić information content (AvgIpc) is 3.33. The van der Waals surface area contributed by atoms with E-state index in [2.05, 4.69) is 16.5 Å². The molecule has 20 heavy (non-hydrogen) atoms. The molecule has 0 aromatic rings. The molecule has 0 radical (unpaired) electrons. The molecule has 2 saturated carbocycles. The van der Waals surface area contributed by atoms with E-state index in [1.165, 1.54) is 76.8 Å². The molecule has 0 spiro atoms. The van der Waals surface area contributed by atoms with Gasteiger partial charge in [-0.25, -0.2) is 0 Å². The molecular formula is C17H32N2S. The Morgan fingerprint density at radius 1 is 1.05 bits per heavy atom. The van der Waals surface area contributed by atoms with E-state index in [1.807, 2.05) is 11.8 Å². The van der Waals surface area contributed by atoms with Gasteiger partial charge in [0.2, 0.25) is 0 Å². The molecule has 3 rings (SSSR count). The van der Waals surface area contributed by atoms with Crippen molar-refractivity contribution in [2.24, 2.45) is 11.8 Å². The van der Waals surface area contributed by atoms with E-state index in [4.69, 9.17) is 0 Å². The van der Waals surface area contributed by atoms with Gasteiger partial charge in [0.25, 0.3) is 0 Å². The van der Waals surface area contributed by atoms with E-state index in [0.717, 1.165) is 23.9 Å². The minimum Gasteiger partial charge on any atom is -0.311 e. The van der Waals surface area contributed by atoms with Crippen molar-refractivity contribution in [2.45, 2.75) is 63.5 Å². The van der Waals surface area contributed by atoms with Crippen molar-refractivity contribution in [3.63, 3.8) is 0 Å². The Labute approximate surface area is 129 Å². The summed E-state index contributed by atoms with van der Waals surface area (Å²) in [5, 5.41) is 3.90. The van der Waals surface area contributed by atoms with Gasteiger partial charge in [0.05, 0.1) is 0 Å². The van der Waals surface area contributed by atoms with Crippen molar-refractivity contribution >= 4 is 11.8 Å². The minimum atomic E-state index is 0.809. The van der Waals surface area contributed by atoms with Gasteiger partial charge in [0.15, 0.2) is 0 Å². The van der Waals surface area contributed by atoms with Gasteiger partial charge in [-0.2, -0.15) is 11.8 Å². The van der Waals surface area contributed by atoms with Gasteiger partial charge in [0.1, 0.15) is 0 Å². The topological polar surface area (TPSA) is 15.3 Å². The number of rotatable bonds is 6. The molecule has 1 heterocycles. The summed E-state index contributed by atoms with van der Waals surface area (Å²) in [6.07, 6.45) is 14.0. The molecule has 2 aliphatic carbocycles. The summed E-state index contributed by atoms with van der Waals surface area (Å²) in [5.41, 5.74) is 0. The van der Waals surface area contributed by atoms with Crippen molar-refractivity contribution < 1.29 is 0 Å². The van der Waals surface area contributed by atoms with Crippen LogP contribution in [0.1, 0.15) is 51.4 Å². The largest absolute Gasteiger partial charge is 0.311 e. The zero-order valence-electron chi connectivity index (χ0n) is 13.2. The highest BCUT2D eigenvalue weighted by molar-refractivity contribution is 7.98. The molecule has 1 N–H and O–H groups in total. The first-order chi connectivity index (χ1) is 9.88. The Bertz CT molecular complexity index is 287. The van der Waals surface area contributed by atoms with Crippen LogP contribution in [-0.4, -0.2) is 48.6 Å². The van der Waals surface area contributed by atoms with Crippen molar-refractivity contribution in [2.75, 3.05) is 31.6 Å². The Kier molecular flexibility index (Phi) is 5.70. The molecule has 0 aromatic heterocycles. The predicted molar refractivity (Wildman–Crippen MR) is 89.4 cm³/mol. The van der Waals surface area contributed by atoms with E-state index in [9.17, 15) is 0 Å². The lowest BCUT2D eigenvalue weighted by atomic mass is 9.82. The first kappa shape index (κ1) is 15.2. The standard InChI is InChI=1S/C17H32N2S/c1-20-11-5-10-19-13-16(14-8-9-14)18-12-17(19)15-6-3-2-4-7-15/h14-18H,2-13H2,1H3. The van der Waals surface area contributed by atoms with Crippen LogP contribution in [0.25, 0.3) is 0 Å². The normalized spacial score (nSPS) is 33.5. The first-order valence-corrected chi connectivity index (χ1v) is 10.2. The van der Waals surface area contributed by atoms with Gasteiger partial charge in [-0.15, -0.1) is 0 Å². The molecule has 1 saturated heterocycles. The molecule has 2 nitrogen and oxygen atoms in total. The van der Waals surface area contributed by atoms with Gasteiger partial charge >= 0.3 is 0 Å². The fourth-order valence-electron chi connectivity index (χ4n) is 4.32. The SMILES string of the molecule is CSCCCN1CC(C2CC2)NCC1C1CCCCC1. The van der Waals surface area contributed by atoms with E-state index in [0.29, 0.717) is 0 Å². The van der Waals surface area contributed by atoms with Crippen LogP contribution in [0, 0.1) is 11.8 Å². The van der Waals surface area contributed by atoms with Crippen LogP contribution in [0.4, 0.5) is 0 Å². The molecule has 2 atom stereocenters. The number of nitrogens with zero attached hydrogens (tertiary/aromatic N) is 1. The molecule has 3 aliphatic rings. The summed E-state index contributed by atoms with van der Waals surface area (Å²) in [5.74, 6) is 3.31. The van der Waals surface area contributed by atoms with Crippen molar-refractivity contribution in [3.8, 4) is 0 Å². The van der Waals surface area contributed by atoms with E-state index >= 15 is 0 Å². The molecule has 3 fully saturated rings. The van der Waals surface area contributed by atoms with Crippen molar-refractivity contribution in [3.05, 3.63) is 0 Å². The van der Waals surface area contributed by atoms with Crippen LogP contribution in [0.5, 0.6) is 0 Å². The van der Waals surface area contributed by atoms with Crippen LogP contribution < -0.4 is 5.32 Å². The van der Waals surface area contributed by atoms with Gasteiger partial charge in [-0.1, -0.05) is 19.3 Å². The summed E-state index contributed by atoms with van der Waals surface area (Å²) < 4.78 is 0. The lowest BCUT2D eigenvalue weighted by molar-refractivity contribution is 0.0674. The quantitative estimate of drug-likeness (QED) is 0.757. The van der Waals surface area contributed by atoms with Crippen LogP contribution in [0.3, 0.4) is 0 Å². The molecule has 2 unspecified atom stereocenters. The summed E-state index contributed by atoms with van der Waals surface area (Å²) in [4.78, 5) is 2.88. The third-order valence-corrected chi connectivity index (χ3v) is 6.37. The van der Waals surface area contributed by atoms with E-state index in [1.54, 1.807) is 0 Å². The van der Waals surface area contributed by atoms with Crippen molar-refractivity contribution in [1.29, 1.82) is 0 Å². The minimum absolute atomic E-state index is 0.809. The second kappa shape index (κ2) is 7.51.